The summed E-state index contributed by atoms with van der Waals surface area (Å²) in [4.78, 5) is 11.5. The van der Waals surface area contributed by atoms with Crippen molar-refractivity contribution in [3.63, 3.8) is 0 Å². The number of hydrogen-bond acceptors (Lipinski definition) is 7. The van der Waals surface area contributed by atoms with Crippen molar-refractivity contribution in [1.82, 2.24) is 25.3 Å². The number of likely N-dealkylation sites (N-methyl/N-ethyl adjacent to an activating group) is 1. The number of rotatable bonds is 3. The van der Waals surface area contributed by atoms with Crippen LogP contribution in [0.25, 0.3) is 22.4 Å². The average molecular weight is 339 g/mol. The molecule has 0 spiro atoms. The highest BCUT2D eigenvalue weighted by Gasteiger charge is 2.26. The Morgan fingerprint density at radius 2 is 2.16 bits per heavy atom. The maximum atomic E-state index is 5.55. The third-order valence-corrected chi connectivity index (χ3v) is 4.70. The van der Waals surface area contributed by atoms with Crippen LogP contribution in [0.4, 0.5) is 0 Å². The molecule has 0 saturated carbocycles. The molecule has 2 aromatic heterocycles. The maximum Gasteiger partial charge on any atom is 0.259 e. The van der Waals surface area contributed by atoms with Crippen molar-refractivity contribution < 1.29 is 9.26 Å². The quantitative estimate of drug-likeness (QED) is 0.784. The van der Waals surface area contributed by atoms with Gasteiger partial charge in [0.05, 0.1) is 29.9 Å². The van der Waals surface area contributed by atoms with Gasteiger partial charge in [0.1, 0.15) is 5.75 Å². The lowest BCUT2D eigenvalue weighted by Gasteiger charge is -2.30. The maximum absolute atomic E-state index is 5.55. The molecule has 1 N–H and O–H groups in total. The Morgan fingerprint density at radius 3 is 2.96 bits per heavy atom. The van der Waals surface area contributed by atoms with Crippen molar-refractivity contribution in [2.75, 3.05) is 33.8 Å². The zero-order chi connectivity index (χ0) is 17.4. The Labute approximate surface area is 146 Å². The second kappa shape index (κ2) is 6.42. The SMILES string of the molecule is COc1ccc2cc(-c3nc(C4CNCCN4C)no3)c(C)nc2c1. The standard InChI is InChI=1S/C18H21N5O2/c1-11-14(8-12-4-5-13(24-3)9-15(12)20-11)18-21-17(22-25-18)16-10-19-6-7-23(16)2/h4-5,8-9,16,19H,6-7,10H2,1-3H3. The molecular formula is C18H21N5O2. The predicted molar refractivity (Wildman–Crippen MR) is 94.6 cm³/mol. The lowest BCUT2D eigenvalue weighted by Crippen LogP contribution is -2.44. The molecule has 3 aromatic rings. The number of hydrogen-bond donors (Lipinski definition) is 1. The van der Waals surface area contributed by atoms with Gasteiger partial charge >= 0.3 is 0 Å². The van der Waals surface area contributed by atoms with E-state index in [4.69, 9.17) is 9.26 Å². The van der Waals surface area contributed by atoms with Crippen LogP contribution >= 0.6 is 0 Å². The van der Waals surface area contributed by atoms with Crippen molar-refractivity contribution in [3.8, 4) is 17.2 Å². The minimum atomic E-state index is 0.129. The van der Waals surface area contributed by atoms with Gasteiger partial charge in [-0.2, -0.15) is 4.98 Å². The fourth-order valence-corrected chi connectivity index (χ4v) is 3.16. The highest BCUT2D eigenvalue weighted by molar-refractivity contribution is 5.84. The topological polar surface area (TPSA) is 76.3 Å². The van der Waals surface area contributed by atoms with Crippen LogP contribution in [-0.2, 0) is 0 Å². The number of fused-ring (bicyclic) bond motifs is 1. The van der Waals surface area contributed by atoms with Crippen LogP contribution in [0, 0.1) is 6.92 Å². The summed E-state index contributed by atoms with van der Waals surface area (Å²) in [5, 5.41) is 8.58. The number of ether oxygens (including phenoxy) is 1. The van der Waals surface area contributed by atoms with Crippen LogP contribution in [0.2, 0.25) is 0 Å². The third kappa shape index (κ3) is 2.96. The first-order valence-corrected chi connectivity index (χ1v) is 8.36. The summed E-state index contributed by atoms with van der Waals surface area (Å²) in [7, 11) is 3.73. The largest absolute Gasteiger partial charge is 0.497 e. The van der Waals surface area contributed by atoms with Crippen molar-refractivity contribution in [2.45, 2.75) is 13.0 Å². The molecule has 4 rings (SSSR count). The number of aryl methyl sites for hydroxylation is 1. The van der Waals surface area contributed by atoms with E-state index in [0.717, 1.165) is 47.5 Å². The van der Waals surface area contributed by atoms with E-state index in [1.165, 1.54) is 0 Å². The summed E-state index contributed by atoms with van der Waals surface area (Å²) in [6, 6.07) is 8.00. The van der Waals surface area contributed by atoms with Gasteiger partial charge in [-0.05, 0) is 32.2 Å². The Morgan fingerprint density at radius 1 is 1.28 bits per heavy atom. The van der Waals surface area contributed by atoms with Gasteiger partial charge in [-0.1, -0.05) is 5.16 Å². The van der Waals surface area contributed by atoms with Crippen LogP contribution in [0.5, 0.6) is 5.75 Å². The van der Waals surface area contributed by atoms with Crippen molar-refractivity contribution in [3.05, 3.63) is 35.8 Å². The summed E-state index contributed by atoms with van der Waals surface area (Å²) < 4.78 is 10.8. The van der Waals surface area contributed by atoms with Gasteiger partial charge in [0.2, 0.25) is 0 Å². The molecule has 130 valence electrons. The molecule has 0 aliphatic carbocycles. The van der Waals surface area contributed by atoms with Gasteiger partial charge in [0, 0.05) is 31.1 Å². The Kier molecular flexibility index (Phi) is 4.10. The number of nitrogens with zero attached hydrogens (tertiary/aromatic N) is 4. The second-order valence-corrected chi connectivity index (χ2v) is 6.34. The highest BCUT2D eigenvalue weighted by Crippen LogP contribution is 2.28. The van der Waals surface area contributed by atoms with Crippen LogP contribution in [-0.4, -0.2) is 53.8 Å². The fourth-order valence-electron chi connectivity index (χ4n) is 3.16. The van der Waals surface area contributed by atoms with E-state index in [1.54, 1.807) is 7.11 Å². The minimum absolute atomic E-state index is 0.129. The minimum Gasteiger partial charge on any atom is -0.497 e. The molecule has 7 heteroatoms. The first-order chi connectivity index (χ1) is 12.2. The van der Waals surface area contributed by atoms with E-state index in [2.05, 4.69) is 32.4 Å². The van der Waals surface area contributed by atoms with Crippen LogP contribution < -0.4 is 10.1 Å². The first kappa shape index (κ1) is 16.0. The first-order valence-electron chi connectivity index (χ1n) is 8.36. The van der Waals surface area contributed by atoms with E-state index in [0.29, 0.717) is 11.7 Å². The van der Waals surface area contributed by atoms with Gasteiger partial charge in [-0.3, -0.25) is 9.88 Å². The molecule has 0 bridgehead atoms. The van der Waals surface area contributed by atoms with Gasteiger partial charge in [0.15, 0.2) is 5.82 Å². The molecular weight excluding hydrogens is 318 g/mol. The summed E-state index contributed by atoms with van der Waals surface area (Å²) in [6.07, 6.45) is 0. The summed E-state index contributed by atoms with van der Waals surface area (Å²) in [5.41, 5.74) is 2.60. The molecule has 1 fully saturated rings. The Balaban J connectivity index is 1.71. The Bertz CT molecular complexity index is 908. The van der Waals surface area contributed by atoms with Gasteiger partial charge < -0.3 is 14.6 Å². The molecule has 1 aromatic carbocycles. The van der Waals surface area contributed by atoms with E-state index in [-0.39, 0.29) is 6.04 Å². The molecule has 7 nitrogen and oxygen atoms in total. The smallest absolute Gasteiger partial charge is 0.259 e. The summed E-state index contributed by atoms with van der Waals surface area (Å²) >= 11 is 0. The second-order valence-electron chi connectivity index (χ2n) is 6.34. The number of benzene rings is 1. The van der Waals surface area contributed by atoms with E-state index in [1.807, 2.05) is 31.2 Å². The fraction of sp³-hybridized carbons (Fsp3) is 0.389. The van der Waals surface area contributed by atoms with Crippen molar-refractivity contribution in [2.24, 2.45) is 0 Å². The zero-order valence-electron chi connectivity index (χ0n) is 14.6. The number of piperazine rings is 1. The molecule has 1 unspecified atom stereocenters. The number of nitrogens with one attached hydrogen (secondary N) is 1. The lowest BCUT2D eigenvalue weighted by molar-refractivity contribution is 0.190. The number of methoxy groups -OCH3 is 1. The van der Waals surface area contributed by atoms with Gasteiger partial charge in [-0.15, -0.1) is 0 Å². The summed E-state index contributed by atoms with van der Waals surface area (Å²) in [6.45, 7) is 4.72. The van der Waals surface area contributed by atoms with Gasteiger partial charge in [-0.25, -0.2) is 0 Å². The van der Waals surface area contributed by atoms with Crippen LogP contribution in [0.3, 0.4) is 0 Å². The Hall–Kier alpha value is -2.51. The summed E-state index contributed by atoms with van der Waals surface area (Å²) in [5.74, 6) is 2.01. The molecule has 0 radical (unpaired) electrons. The van der Waals surface area contributed by atoms with E-state index < -0.39 is 0 Å². The van der Waals surface area contributed by atoms with Crippen molar-refractivity contribution >= 4 is 10.9 Å². The third-order valence-electron chi connectivity index (χ3n) is 4.70. The van der Waals surface area contributed by atoms with Crippen LogP contribution in [0.1, 0.15) is 17.6 Å². The van der Waals surface area contributed by atoms with E-state index in [9.17, 15) is 0 Å². The normalized spacial score (nSPS) is 18.6. The van der Waals surface area contributed by atoms with Crippen molar-refractivity contribution in [1.29, 1.82) is 0 Å². The molecule has 0 amide bonds. The van der Waals surface area contributed by atoms with E-state index >= 15 is 0 Å². The highest BCUT2D eigenvalue weighted by atomic mass is 16.5. The molecule has 1 aliphatic heterocycles. The number of aromatic nitrogens is 3. The molecule has 25 heavy (non-hydrogen) atoms. The predicted octanol–water partition coefficient (Wildman–Crippen LogP) is 2.18. The molecule has 1 saturated heterocycles. The average Bonchev–Trinajstić information content (AvgIpc) is 3.10. The zero-order valence-corrected chi connectivity index (χ0v) is 14.6. The van der Waals surface area contributed by atoms with Crippen LogP contribution in [0.15, 0.2) is 28.8 Å². The molecule has 3 heterocycles. The molecule has 1 aliphatic rings. The lowest BCUT2D eigenvalue weighted by atomic mass is 10.1. The van der Waals surface area contributed by atoms with Gasteiger partial charge in [0.25, 0.3) is 5.89 Å². The monoisotopic (exact) mass is 339 g/mol. The molecule has 1 atom stereocenters. The number of pyridine rings is 1.